The number of nitrogens with one attached hydrogen (secondary N) is 1. The lowest BCUT2D eigenvalue weighted by molar-refractivity contribution is 0.102. The number of carbonyl (C=O) groups is 1. The van der Waals surface area contributed by atoms with Gasteiger partial charge in [0.15, 0.2) is 11.5 Å². The van der Waals surface area contributed by atoms with Gasteiger partial charge in [-0.2, -0.15) is 5.10 Å². The van der Waals surface area contributed by atoms with E-state index in [1.165, 1.54) is 0 Å². The molecular formula is C21H23N3O3. The maximum absolute atomic E-state index is 12.8. The topological polar surface area (TPSA) is 65.4 Å². The minimum atomic E-state index is -0.225. The number of anilines is 1. The summed E-state index contributed by atoms with van der Waals surface area (Å²) in [6.07, 6.45) is 0. The second kappa shape index (κ2) is 7.95. The molecule has 1 heterocycles. The lowest BCUT2D eigenvalue weighted by Crippen LogP contribution is -2.13. The van der Waals surface area contributed by atoms with Crippen LogP contribution in [0.5, 0.6) is 11.5 Å². The molecule has 2 aromatic carbocycles. The Hall–Kier alpha value is -3.28. The minimum Gasteiger partial charge on any atom is -0.493 e. The monoisotopic (exact) mass is 365 g/mol. The molecule has 0 aliphatic carbocycles. The van der Waals surface area contributed by atoms with Crippen molar-refractivity contribution in [2.24, 2.45) is 0 Å². The van der Waals surface area contributed by atoms with E-state index in [9.17, 15) is 4.79 Å². The highest BCUT2D eigenvalue weighted by molar-refractivity contribution is 6.05. The fraction of sp³-hybridized carbons (Fsp3) is 0.238. The third kappa shape index (κ3) is 3.79. The largest absolute Gasteiger partial charge is 0.493 e. The maximum Gasteiger partial charge on any atom is 0.255 e. The van der Waals surface area contributed by atoms with Gasteiger partial charge in [-0.05, 0) is 51.1 Å². The molecule has 0 saturated carbocycles. The molecule has 0 aliphatic rings. The molecule has 1 N–H and O–H groups in total. The van der Waals surface area contributed by atoms with E-state index in [2.05, 4.69) is 10.4 Å². The van der Waals surface area contributed by atoms with Crippen LogP contribution in [0.3, 0.4) is 0 Å². The molecule has 0 spiro atoms. The number of benzene rings is 2. The van der Waals surface area contributed by atoms with Crippen LogP contribution < -0.4 is 14.8 Å². The first-order valence-electron chi connectivity index (χ1n) is 8.79. The molecule has 1 aromatic heterocycles. The van der Waals surface area contributed by atoms with Gasteiger partial charge in [0.1, 0.15) is 0 Å². The standard InChI is InChI=1S/C21H23N3O3/c1-5-27-19-13-16(11-12-18(19)26-4)21(25)22-20-14(2)23-24(15(20)3)17-9-7-6-8-10-17/h6-13H,5H2,1-4H3,(H,22,25). The predicted molar refractivity (Wildman–Crippen MR) is 105 cm³/mol. The molecule has 0 unspecified atom stereocenters. The molecule has 0 atom stereocenters. The highest BCUT2D eigenvalue weighted by Crippen LogP contribution is 2.29. The quantitative estimate of drug-likeness (QED) is 0.713. The lowest BCUT2D eigenvalue weighted by Gasteiger charge is -2.11. The number of para-hydroxylation sites is 1. The summed E-state index contributed by atoms with van der Waals surface area (Å²) in [5, 5.41) is 7.53. The molecule has 0 bridgehead atoms. The van der Waals surface area contributed by atoms with Crippen LogP contribution >= 0.6 is 0 Å². The van der Waals surface area contributed by atoms with Gasteiger partial charge < -0.3 is 14.8 Å². The number of amides is 1. The molecule has 27 heavy (non-hydrogen) atoms. The Balaban J connectivity index is 1.89. The van der Waals surface area contributed by atoms with Gasteiger partial charge in [0, 0.05) is 5.56 Å². The molecule has 0 aliphatic heterocycles. The van der Waals surface area contributed by atoms with Crippen molar-refractivity contribution >= 4 is 11.6 Å². The fourth-order valence-electron chi connectivity index (χ4n) is 2.92. The van der Waals surface area contributed by atoms with Crippen molar-refractivity contribution in [1.82, 2.24) is 9.78 Å². The van der Waals surface area contributed by atoms with Gasteiger partial charge in [0.2, 0.25) is 0 Å². The molecule has 0 fully saturated rings. The second-order valence-corrected chi connectivity index (χ2v) is 6.05. The first-order valence-corrected chi connectivity index (χ1v) is 8.79. The second-order valence-electron chi connectivity index (χ2n) is 6.05. The number of nitrogens with zero attached hydrogens (tertiary/aromatic N) is 2. The number of aryl methyl sites for hydroxylation is 1. The van der Waals surface area contributed by atoms with Gasteiger partial charge in [-0.25, -0.2) is 4.68 Å². The van der Waals surface area contributed by atoms with Gasteiger partial charge in [-0.1, -0.05) is 18.2 Å². The predicted octanol–water partition coefficient (Wildman–Crippen LogP) is 4.15. The summed E-state index contributed by atoms with van der Waals surface area (Å²) in [6, 6.07) is 14.9. The van der Waals surface area contributed by atoms with E-state index >= 15 is 0 Å². The Morgan fingerprint density at radius 2 is 1.85 bits per heavy atom. The molecule has 6 heteroatoms. The van der Waals surface area contributed by atoms with Crippen molar-refractivity contribution in [1.29, 1.82) is 0 Å². The van der Waals surface area contributed by atoms with E-state index < -0.39 is 0 Å². The van der Waals surface area contributed by atoms with Gasteiger partial charge in [-0.3, -0.25) is 4.79 Å². The van der Waals surface area contributed by atoms with E-state index in [0.717, 1.165) is 17.1 Å². The first kappa shape index (κ1) is 18.5. The van der Waals surface area contributed by atoms with Crippen LogP contribution in [0, 0.1) is 13.8 Å². The molecule has 3 rings (SSSR count). The number of aromatic nitrogens is 2. The van der Waals surface area contributed by atoms with Gasteiger partial charge in [0.05, 0.1) is 36.5 Å². The Bertz CT molecular complexity index is 949. The molecule has 6 nitrogen and oxygen atoms in total. The van der Waals surface area contributed by atoms with Crippen molar-refractivity contribution in [3.05, 3.63) is 65.5 Å². The third-order valence-corrected chi connectivity index (χ3v) is 4.26. The van der Waals surface area contributed by atoms with E-state index in [4.69, 9.17) is 9.47 Å². The van der Waals surface area contributed by atoms with Crippen molar-refractivity contribution in [2.75, 3.05) is 19.0 Å². The maximum atomic E-state index is 12.8. The number of rotatable bonds is 6. The van der Waals surface area contributed by atoms with Crippen LogP contribution in [-0.2, 0) is 0 Å². The highest BCUT2D eigenvalue weighted by Gasteiger charge is 2.17. The Morgan fingerprint density at radius 3 is 2.52 bits per heavy atom. The smallest absolute Gasteiger partial charge is 0.255 e. The van der Waals surface area contributed by atoms with Gasteiger partial charge in [0.25, 0.3) is 5.91 Å². The fourth-order valence-corrected chi connectivity index (χ4v) is 2.92. The summed E-state index contributed by atoms with van der Waals surface area (Å²) < 4.78 is 12.7. The van der Waals surface area contributed by atoms with Crippen molar-refractivity contribution in [2.45, 2.75) is 20.8 Å². The zero-order chi connectivity index (χ0) is 19.4. The van der Waals surface area contributed by atoms with Crippen LogP contribution in [0.2, 0.25) is 0 Å². The first-order chi connectivity index (χ1) is 13.0. The van der Waals surface area contributed by atoms with Gasteiger partial charge >= 0.3 is 0 Å². The van der Waals surface area contributed by atoms with Crippen LogP contribution in [0.4, 0.5) is 5.69 Å². The summed E-state index contributed by atoms with van der Waals surface area (Å²) in [5.41, 5.74) is 3.76. The Kier molecular flexibility index (Phi) is 5.45. The Labute approximate surface area is 158 Å². The van der Waals surface area contributed by atoms with E-state index in [-0.39, 0.29) is 5.91 Å². The third-order valence-electron chi connectivity index (χ3n) is 4.26. The van der Waals surface area contributed by atoms with E-state index in [1.54, 1.807) is 25.3 Å². The zero-order valence-electron chi connectivity index (χ0n) is 15.9. The van der Waals surface area contributed by atoms with Crippen molar-refractivity contribution < 1.29 is 14.3 Å². The van der Waals surface area contributed by atoms with Crippen LogP contribution in [0.15, 0.2) is 48.5 Å². The lowest BCUT2D eigenvalue weighted by atomic mass is 10.1. The van der Waals surface area contributed by atoms with Crippen LogP contribution in [0.1, 0.15) is 28.7 Å². The number of hydrogen-bond acceptors (Lipinski definition) is 4. The normalized spacial score (nSPS) is 10.5. The SMILES string of the molecule is CCOc1cc(C(=O)Nc2c(C)nn(-c3ccccc3)c2C)ccc1OC. The summed E-state index contributed by atoms with van der Waals surface area (Å²) >= 11 is 0. The summed E-state index contributed by atoms with van der Waals surface area (Å²) in [5.74, 6) is 0.913. The number of hydrogen-bond donors (Lipinski definition) is 1. The van der Waals surface area contributed by atoms with Gasteiger partial charge in [-0.15, -0.1) is 0 Å². The highest BCUT2D eigenvalue weighted by atomic mass is 16.5. The van der Waals surface area contributed by atoms with Crippen molar-refractivity contribution in [3.63, 3.8) is 0 Å². The summed E-state index contributed by atoms with van der Waals surface area (Å²) in [6.45, 7) is 6.18. The van der Waals surface area contributed by atoms with E-state index in [0.29, 0.717) is 29.4 Å². The zero-order valence-corrected chi connectivity index (χ0v) is 15.9. The molecule has 0 radical (unpaired) electrons. The molecular weight excluding hydrogens is 342 g/mol. The molecule has 3 aromatic rings. The molecule has 1 amide bonds. The van der Waals surface area contributed by atoms with Crippen LogP contribution in [-0.4, -0.2) is 29.4 Å². The van der Waals surface area contributed by atoms with Crippen molar-refractivity contribution in [3.8, 4) is 17.2 Å². The average Bonchev–Trinajstić information content (AvgIpc) is 2.97. The number of ether oxygens (including phenoxy) is 2. The number of carbonyl (C=O) groups excluding carboxylic acids is 1. The molecule has 0 saturated heterocycles. The average molecular weight is 365 g/mol. The minimum absolute atomic E-state index is 0.225. The molecule has 140 valence electrons. The van der Waals surface area contributed by atoms with Crippen LogP contribution in [0.25, 0.3) is 5.69 Å². The number of methoxy groups -OCH3 is 1. The van der Waals surface area contributed by atoms with E-state index in [1.807, 2.05) is 55.8 Å². The summed E-state index contributed by atoms with van der Waals surface area (Å²) in [7, 11) is 1.57. The summed E-state index contributed by atoms with van der Waals surface area (Å²) in [4.78, 5) is 12.8. The Morgan fingerprint density at radius 1 is 1.11 bits per heavy atom.